The molecule has 18 heavy (non-hydrogen) atoms. The standard InChI is InChI=1S/C14H12N4/c15-13-8-12(17-14(16)18-13)11-7-3-5-9-4-1-2-6-10(9)11/h1-8H,(H4,15,16,17,18). The van der Waals surface area contributed by atoms with Gasteiger partial charge < -0.3 is 11.5 Å². The lowest BCUT2D eigenvalue weighted by Crippen LogP contribution is -2.00. The van der Waals surface area contributed by atoms with Crippen molar-refractivity contribution in [1.29, 1.82) is 0 Å². The van der Waals surface area contributed by atoms with Crippen LogP contribution in [0.2, 0.25) is 0 Å². The smallest absolute Gasteiger partial charge is 0.222 e. The highest BCUT2D eigenvalue weighted by molar-refractivity contribution is 5.96. The summed E-state index contributed by atoms with van der Waals surface area (Å²) in [6, 6.07) is 15.9. The van der Waals surface area contributed by atoms with Crippen molar-refractivity contribution >= 4 is 22.5 Å². The molecule has 4 nitrogen and oxygen atoms in total. The number of aromatic nitrogens is 2. The Bertz CT molecular complexity index is 696. The topological polar surface area (TPSA) is 77.8 Å². The van der Waals surface area contributed by atoms with E-state index in [0.29, 0.717) is 5.82 Å². The molecule has 4 N–H and O–H groups in total. The predicted octanol–water partition coefficient (Wildman–Crippen LogP) is 2.46. The SMILES string of the molecule is Nc1cc(-c2cccc3ccccc23)nc(N)n1. The maximum atomic E-state index is 5.71. The van der Waals surface area contributed by atoms with E-state index in [1.165, 1.54) is 0 Å². The van der Waals surface area contributed by atoms with Crippen molar-refractivity contribution in [2.75, 3.05) is 11.5 Å². The Kier molecular flexibility index (Phi) is 2.34. The molecule has 0 aliphatic carbocycles. The van der Waals surface area contributed by atoms with Gasteiger partial charge in [-0.1, -0.05) is 42.5 Å². The van der Waals surface area contributed by atoms with Crippen molar-refractivity contribution < 1.29 is 0 Å². The van der Waals surface area contributed by atoms with Crippen LogP contribution in [0.4, 0.5) is 11.8 Å². The Balaban J connectivity index is 2.31. The molecule has 0 saturated heterocycles. The maximum absolute atomic E-state index is 5.71. The van der Waals surface area contributed by atoms with E-state index in [4.69, 9.17) is 11.5 Å². The van der Waals surface area contributed by atoms with Crippen LogP contribution in [0, 0.1) is 0 Å². The molecule has 0 bridgehead atoms. The van der Waals surface area contributed by atoms with Gasteiger partial charge in [-0.15, -0.1) is 0 Å². The first-order valence-electron chi connectivity index (χ1n) is 5.62. The average molecular weight is 236 g/mol. The second-order valence-electron chi connectivity index (χ2n) is 4.06. The molecule has 88 valence electrons. The molecule has 4 heteroatoms. The lowest BCUT2D eigenvalue weighted by atomic mass is 10.0. The molecule has 2 aromatic carbocycles. The van der Waals surface area contributed by atoms with E-state index >= 15 is 0 Å². The minimum absolute atomic E-state index is 0.193. The Hall–Kier alpha value is -2.62. The van der Waals surface area contributed by atoms with Gasteiger partial charge in [0.05, 0.1) is 5.69 Å². The van der Waals surface area contributed by atoms with Crippen LogP contribution in [0.25, 0.3) is 22.0 Å². The first-order chi connectivity index (χ1) is 8.74. The second kappa shape index (κ2) is 4.00. The molecule has 0 spiro atoms. The molecule has 0 aliphatic rings. The minimum atomic E-state index is 0.193. The number of nitrogens with two attached hydrogens (primary N) is 2. The van der Waals surface area contributed by atoms with Crippen molar-refractivity contribution in [3.63, 3.8) is 0 Å². The summed E-state index contributed by atoms with van der Waals surface area (Å²) in [6.45, 7) is 0. The van der Waals surface area contributed by atoms with Crippen LogP contribution >= 0.6 is 0 Å². The molecular weight excluding hydrogens is 224 g/mol. The van der Waals surface area contributed by atoms with Crippen molar-refractivity contribution in [1.82, 2.24) is 9.97 Å². The quantitative estimate of drug-likeness (QED) is 0.680. The van der Waals surface area contributed by atoms with Crippen LogP contribution in [0.5, 0.6) is 0 Å². The second-order valence-corrected chi connectivity index (χ2v) is 4.06. The predicted molar refractivity (Wildman–Crippen MR) is 73.8 cm³/mol. The number of benzene rings is 2. The Morgan fingerprint density at radius 1 is 0.833 bits per heavy atom. The molecule has 0 saturated carbocycles. The molecule has 0 radical (unpaired) electrons. The summed E-state index contributed by atoms with van der Waals surface area (Å²) < 4.78 is 0. The first-order valence-corrected chi connectivity index (χ1v) is 5.62. The summed E-state index contributed by atoms with van der Waals surface area (Å²) in [6.07, 6.45) is 0. The summed E-state index contributed by atoms with van der Waals surface area (Å²) in [4.78, 5) is 8.13. The fourth-order valence-corrected chi connectivity index (χ4v) is 2.07. The van der Waals surface area contributed by atoms with Gasteiger partial charge in [-0.2, -0.15) is 4.98 Å². The summed E-state index contributed by atoms with van der Waals surface area (Å²) in [5.74, 6) is 0.573. The summed E-state index contributed by atoms with van der Waals surface area (Å²) >= 11 is 0. The molecular formula is C14H12N4. The zero-order chi connectivity index (χ0) is 12.5. The van der Waals surface area contributed by atoms with E-state index in [9.17, 15) is 0 Å². The van der Waals surface area contributed by atoms with Gasteiger partial charge in [-0.25, -0.2) is 4.98 Å². The van der Waals surface area contributed by atoms with Gasteiger partial charge in [0, 0.05) is 11.6 Å². The van der Waals surface area contributed by atoms with E-state index in [-0.39, 0.29) is 5.95 Å². The Morgan fingerprint density at radius 3 is 2.44 bits per heavy atom. The number of anilines is 2. The summed E-state index contributed by atoms with van der Waals surface area (Å²) in [5.41, 5.74) is 13.1. The van der Waals surface area contributed by atoms with E-state index in [1.807, 2.05) is 24.3 Å². The number of hydrogen-bond donors (Lipinski definition) is 2. The first kappa shape index (κ1) is 10.5. The molecule has 0 atom stereocenters. The van der Waals surface area contributed by atoms with Crippen LogP contribution in [0.1, 0.15) is 0 Å². The van der Waals surface area contributed by atoms with Crippen LogP contribution < -0.4 is 11.5 Å². The van der Waals surface area contributed by atoms with Gasteiger partial charge in [0.25, 0.3) is 0 Å². The lowest BCUT2D eigenvalue weighted by Gasteiger charge is -2.07. The molecule has 3 rings (SSSR count). The van der Waals surface area contributed by atoms with Crippen LogP contribution in [-0.2, 0) is 0 Å². The van der Waals surface area contributed by atoms with Crippen molar-refractivity contribution in [2.24, 2.45) is 0 Å². The van der Waals surface area contributed by atoms with Gasteiger partial charge in [0.15, 0.2) is 0 Å². The molecule has 1 heterocycles. The molecule has 0 fully saturated rings. The summed E-state index contributed by atoms with van der Waals surface area (Å²) in [5, 5.41) is 2.28. The van der Waals surface area contributed by atoms with Gasteiger partial charge in [0.1, 0.15) is 5.82 Å². The van der Waals surface area contributed by atoms with Crippen molar-refractivity contribution in [3.05, 3.63) is 48.5 Å². The van der Waals surface area contributed by atoms with E-state index in [0.717, 1.165) is 22.0 Å². The van der Waals surface area contributed by atoms with Gasteiger partial charge >= 0.3 is 0 Å². The Morgan fingerprint density at radius 2 is 1.61 bits per heavy atom. The minimum Gasteiger partial charge on any atom is -0.384 e. The fraction of sp³-hybridized carbons (Fsp3) is 0. The third-order valence-electron chi connectivity index (χ3n) is 2.83. The largest absolute Gasteiger partial charge is 0.384 e. The van der Waals surface area contributed by atoms with Crippen molar-refractivity contribution in [2.45, 2.75) is 0 Å². The highest BCUT2D eigenvalue weighted by Gasteiger charge is 2.06. The van der Waals surface area contributed by atoms with E-state index < -0.39 is 0 Å². The molecule has 1 aromatic heterocycles. The highest BCUT2D eigenvalue weighted by atomic mass is 15.0. The third kappa shape index (κ3) is 1.73. The average Bonchev–Trinajstić information content (AvgIpc) is 2.37. The number of hydrogen-bond acceptors (Lipinski definition) is 4. The van der Waals surface area contributed by atoms with Crippen LogP contribution in [-0.4, -0.2) is 9.97 Å². The number of nitrogen functional groups attached to an aromatic ring is 2. The number of fused-ring (bicyclic) bond motifs is 1. The fourth-order valence-electron chi connectivity index (χ4n) is 2.07. The van der Waals surface area contributed by atoms with Crippen molar-refractivity contribution in [3.8, 4) is 11.3 Å². The molecule has 0 unspecified atom stereocenters. The zero-order valence-electron chi connectivity index (χ0n) is 9.67. The highest BCUT2D eigenvalue weighted by Crippen LogP contribution is 2.28. The normalized spacial score (nSPS) is 10.7. The van der Waals surface area contributed by atoms with E-state index in [2.05, 4.69) is 28.2 Å². The Labute approximate surface area is 104 Å². The third-order valence-corrected chi connectivity index (χ3v) is 2.83. The van der Waals surface area contributed by atoms with Crippen LogP contribution in [0.3, 0.4) is 0 Å². The molecule has 0 amide bonds. The van der Waals surface area contributed by atoms with Crippen LogP contribution in [0.15, 0.2) is 48.5 Å². The maximum Gasteiger partial charge on any atom is 0.222 e. The lowest BCUT2D eigenvalue weighted by molar-refractivity contribution is 1.20. The van der Waals surface area contributed by atoms with Gasteiger partial charge in [0.2, 0.25) is 5.95 Å². The number of nitrogens with zero attached hydrogens (tertiary/aromatic N) is 2. The molecule has 3 aromatic rings. The van der Waals surface area contributed by atoms with Gasteiger partial charge in [-0.3, -0.25) is 0 Å². The monoisotopic (exact) mass is 236 g/mol. The van der Waals surface area contributed by atoms with Gasteiger partial charge in [-0.05, 0) is 10.8 Å². The molecule has 0 aliphatic heterocycles. The number of rotatable bonds is 1. The summed E-state index contributed by atoms with van der Waals surface area (Å²) in [7, 11) is 0. The van der Waals surface area contributed by atoms with E-state index in [1.54, 1.807) is 6.07 Å². The zero-order valence-corrected chi connectivity index (χ0v) is 9.67.